The number of primary amides is 1. The highest BCUT2D eigenvalue weighted by molar-refractivity contribution is 5.98. The lowest BCUT2D eigenvalue weighted by molar-refractivity contribution is 0.1000. The molecule has 0 aliphatic heterocycles. The van der Waals surface area contributed by atoms with Crippen molar-refractivity contribution in [1.29, 1.82) is 0 Å². The molecule has 0 fully saturated rings. The number of methoxy groups -OCH3 is 2. The first kappa shape index (κ1) is 16.1. The van der Waals surface area contributed by atoms with E-state index in [9.17, 15) is 4.79 Å². The third kappa shape index (κ3) is 4.60. The second-order valence-corrected chi connectivity index (χ2v) is 3.93. The minimum Gasteiger partial charge on any atom is -0.487 e. The molecule has 1 amide bonds. The summed E-state index contributed by atoms with van der Waals surface area (Å²) in [5, 5.41) is 0. The standard InChI is InChI=1S/C13H20N2O5/c1-17-3-5-19-11-7-9(13(15)16)10(14)8-12(11)20-6-4-18-2/h7-8H,3-6,14H2,1-2H3,(H2,15,16). The molecular weight excluding hydrogens is 264 g/mol. The molecule has 112 valence electrons. The van der Waals surface area contributed by atoms with Crippen molar-refractivity contribution in [3.8, 4) is 11.5 Å². The fourth-order valence-electron chi connectivity index (χ4n) is 1.48. The number of hydrogen-bond acceptors (Lipinski definition) is 6. The highest BCUT2D eigenvalue weighted by atomic mass is 16.5. The van der Waals surface area contributed by atoms with Crippen molar-refractivity contribution in [2.75, 3.05) is 46.4 Å². The number of rotatable bonds is 9. The average molecular weight is 284 g/mol. The van der Waals surface area contributed by atoms with Gasteiger partial charge in [0.15, 0.2) is 11.5 Å². The first-order chi connectivity index (χ1) is 9.60. The summed E-state index contributed by atoms with van der Waals surface area (Å²) in [6.07, 6.45) is 0. The van der Waals surface area contributed by atoms with Crippen LogP contribution in [-0.2, 0) is 9.47 Å². The predicted molar refractivity (Wildman–Crippen MR) is 74.1 cm³/mol. The molecule has 0 unspecified atom stereocenters. The molecule has 0 heterocycles. The summed E-state index contributed by atoms with van der Waals surface area (Å²) < 4.78 is 20.8. The van der Waals surface area contributed by atoms with Crippen molar-refractivity contribution in [3.63, 3.8) is 0 Å². The molecule has 7 heteroatoms. The summed E-state index contributed by atoms with van der Waals surface area (Å²) in [6.45, 7) is 1.49. The Kier molecular flexibility index (Phi) is 6.61. The first-order valence-electron chi connectivity index (χ1n) is 6.07. The quantitative estimate of drug-likeness (QED) is 0.503. The van der Waals surface area contributed by atoms with E-state index in [1.807, 2.05) is 0 Å². The maximum absolute atomic E-state index is 11.3. The van der Waals surface area contributed by atoms with Crippen LogP contribution in [0.5, 0.6) is 11.5 Å². The molecule has 1 aromatic carbocycles. The Morgan fingerprint density at radius 1 is 1.00 bits per heavy atom. The fourth-order valence-corrected chi connectivity index (χ4v) is 1.48. The van der Waals surface area contributed by atoms with Gasteiger partial charge in [0.1, 0.15) is 13.2 Å². The molecule has 4 N–H and O–H groups in total. The van der Waals surface area contributed by atoms with E-state index in [2.05, 4.69) is 0 Å². The Balaban J connectivity index is 2.93. The molecule has 1 aromatic rings. The number of nitrogen functional groups attached to an aromatic ring is 1. The smallest absolute Gasteiger partial charge is 0.250 e. The third-order valence-electron chi connectivity index (χ3n) is 2.47. The highest BCUT2D eigenvalue weighted by Crippen LogP contribution is 2.32. The number of amides is 1. The summed E-state index contributed by atoms with van der Waals surface area (Å²) in [7, 11) is 3.14. The number of hydrogen-bond donors (Lipinski definition) is 2. The van der Waals surface area contributed by atoms with Crippen LogP contribution in [0, 0.1) is 0 Å². The van der Waals surface area contributed by atoms with E-state index in [1.165, 1.54) is 12.1 Å². The van der Waals surface area contributed by atoms with Crippen LogP contribution in [-0.4, -0.2) is 46.6 Å². The number of ether oxygens (including phenoxy) is 4. The molecular formula is C13H20N2O5. The van der Waals surface area contributed by atoms with Gasteiger partial charge in [0.05, 0.1) is 18.8 Å². The maximum Gasteiger partial charge on any atom is 0.250 e. The normalized spacial score (nSPS) is 10.3. The lowest BCUT2D eigenvalue weighted by atomic mass is 10.1. The lowest BCUT2D eigenvalue weighted by Crippen LogP contribution is -2.15. The molecule has 0 atom stereocenters. The van der Waals surface area contributed by atoms with E-state index in [-0.39, 0.29) is 11.3 Å². The largest absolute Gasteiger partial charge is 0.487 e. The molecule has 7 nitrogen and oxygen atoms in total. The van der Waals surface area contributed by atoms with Gasteiger partial charge in [-0.1, -0.05) is 0 Å². The number of benzene rings is 1. The van der Waals surface area contributed by atoms with Crippen molar-refractivity contribution in [2.45, 2.75) is 0 Å². The zero-order chi connectivity index (χ0) is 15.0. The predicted octanol–water partition coefficient (Wildman–Crippen LogP) is 0.418. The van der Waals surface area contributed by atoms with Gasteiger partial charge in [-0.05, 0) is 6.07 Å². The van der Waals surface area contributed by atoms with Gasteiger partial charge in [0.2, 0.25) is 0 Å². The SMILES string of the molecule is COCCOc1cc(N)c(C(N)=O)cc1OCCOC. The van der Waals surface area contributed by atoms with E-state index < -0.39 is 5.91 Å². The Morgan fingerprint density at radius 3 is 1.95 bits per heavy atom. The van der Waals surface area contributed by atoms with Gasteiger partial charge >= 0.3 is 0 Å². The molecule has 0 bridgehead atoms. The topological polar surface area (TPSA) is 106 Å². The molecule has 0 aliphatic carbocycles. The Hall–Kier alpha value is -1.99. The van der Waals surface area contributed by atoms with E-state index in [0.29, 0.717) is 37.9 Å². The number of carbonyl (C=O) groups excluding carboxylic acids is 1. The van der Waals surface area contributed by atoms with Crippen molar-refractivity contribution < 1.29 is 23.7 Å². The third-order valence-corrected chi connectivity index (χ3v) is 2.47. The molecule has 1 rings (SSSR count). The minimum atomic E-state index is -0.623. The van der Waals surface area contributed by atoms with Crippen molar-refractivity contribution in [3.05, 3.63) is 17.7 Å². The molecule has 0 aromatic heterocycles. The Morgan fingerprint density at radius 2 is 1.50 bits per heavy atom. The van der Waals surface area contributed by atoms with Crippen LogP contribution in [0.25, 0.3) is 0 Å². The number of anilines is 1. The molecule has 0 saturated heterocycles. The number of nitrogens with two attached hydrogens (primary N) is 2. The summed E-state index contributed by atoms with van der Waals surface area (Å²) >= 11 is 0. The highest BCUT2D eigenvalue weighted by Gasteiger charge is 2.14. The second-order valence-electron chi connectivity index (χ2n) is 3.93. The van der Waals surface area contributed by atoms with E-state index in [0.717, 1.165) is 0 Å². The van der Waals surface area contributed by atoms with Gasteiger partial charge in [-0.3, -0.25) is 4.79 Å². The van der Waals surface area contributed by atoms with E-state index in [4.69, 9.17) is 30.4 Å². The average Bonchev–Trinajstić information content (AvgIpc) is 2.41. The van der Waals surface area contributed by atoms with Crippen LogP contribution in [0.1, 0.15) is 10.4 Å². The first-order valence-corrected chi connectivity index (χ1v) is 6.07. The summed E-state index contributed by atoms with van der Waals surface area (Å²) in [5.74, 6) is 0.198. The minimum absolute atomic E-state index is 0.191. The van der Waals surface area contributed by atoms with Crippen molar-refractivity contribution in [2.24, 2.45) is 5.73 Å². The second kappa shape index (κ2) is 8.23. The monoisotopic (exact) mass is 284 g/mol. The van der Waals surface area contributed by atoms with E-state index in [1.54, 1.807) is 14.2 Å². The Bertz CT molecular complexity index is 451. The molecule has 0 saturated carbocycles. The van der Waals surface area contributed by atoms with Gasteiger partial charge in [-0.15, -0.1) is 0 Å². The van der Waals surface area contributed by atoms with Crippen LogP contribution >= 0.6 is 0 Å². The molecule has 0 radical (unpaired) electrons. The zero-order valence-corrected chi connectivity index (χ0v) is 11.7. The fraction of sp³-hybridized carbons (Fsp3) is 0.462. The van der Waals surface area contributed by atoms with Gasteiger partial charge in [-0.25, -0.2) is 0 Å². The van der Waals surface area contributed by atoms with Crippen LogP contribution in [0.15, 0.2) is 12.1 Å². The van der Waals surface area contributed by atoms with Crippen LogP contribution in [0.2, 0.25) is 0 Å². The Labute approximate surface area is 117 Å². The van der Waals surface area contributed by atoms with Gasteiger partial charge < -0.3 is 30.4 Å². The maximum atomic E-state index is 11.3. The van der Waals surface area contributed by atoms with Gasteiger partial charge in [-0.2, -0.15) is 0 Å². The zero-order valence-electron chi connectivity index (χ0n) is 11.7. The van der Waals surface area contributed by atoms with Gasteiger partial charge in [0, 0.05) is 26.0 Å². The van der Waals surface area contributed by atoms with E-state index >= 15 is 0 Å². The van der Waals surface area contributed by atoms with Crippen molar-refractivity contribution >= 4 is 11.6 Å². The summed E-state index contributed by atoms with van der Waals surface area (Å²) in [5.41, 5.74) is 11.4. The van der Waals surface area contributed by atoms with Gasteiger partial charge in [0.25, 0.3) is 5.91 Å². The van der Waals surface area contributed by atoms with Crippen LogP contribution in [0.4, 0.5) is 5.69 Å². The summed E-state index contributed by atoms with van der Waals surface area (Å²) in [4.78, 5) is 11.3. The number of carbonyl (C=O) groups is 1. The lowest BCUT2D eigenvalue weighted by Gasteiger charge is -2.14. The molecule has 0 aliphatic rings. The molecule has 20 heavy (non-hydrogen) atoms. The molecule has 0 spiro atoms. The van der Waals surface area contributed by atoms with Crippen molar-refractivity contribution in [1.82, 2.24) is 0 Å². The van der Waals surface area contributed by atoms with Crippen LogP contribution < -0.4 is 20.9 Å². The summed E-state index contributed by atoms with van der Waals surface area (Å²) in [6, 6.07) is 2.98. The van der Waals surface area contributed by atoms with Crippen LogP contribution in [0.3, 0.4) is 0 Å².